The summed E-state index contributed by atoms with van der Waals surface area (Å²) in [4.78, 5) is 18.5. The van der Waals surface area contributed by atoms with Crippen molar-refractivity contribution in [1.82, 2.24) is 9.97 Å². The predicted molar refractivity (Wildman–Crippen MR) is 53.4 cm³/mol. The van der Waals surface area contributed by atoms with Gasteiger partial charge in [-0.2, -0.15) is 0 Å². The van der Waals surface area contributed by atoms with Gasteiger partial charge in [0, 0.05) is 6.54 Å². The fourth-order valence-electron chi connectivity index (χ4n) is 1.42. The van der Waals surface area contributed by atoms with E-state index < -0.39 is 0 Å². The second kappa shape index (κ2) is 3.41. The van der Waals surface area contributed by atoms with Gasteiger partial charge in [-0.1, -0.05) is 11.8 Å². The SMILES string of the molecule is CSc1nc2c(c(=O)[nH]1)CCCN2. The Morgan fingerprint density at radius 1 is 1.54 bits per heavy atom. The molecule has 1 aliphatic rings. The van der Waals surface area contributed by atoms with Crippen molar-refractivity contribution in [1.29, 1.82) is 0 Å². The lowest BCUT2D eigenvalue weighted by molar-refractivity contribution is 0.774. The van der Waals surface area contributed by atoms with Crippen LogP contribution in [0, 0.1) is 0 Å². The highest BCUT2D eigenvalue weighted by atomic mass is 32.2. The molecule has 0 spiro atoms. The Hall–Kier alpha value is -0.970. The van der Waals surface area contributed by atoms with Crippen LogP contribution in [0.4, 0.5) is 5.82 Å². The molecule has 70 valence electrons. The van der Waals surface area contributed by atoms with E-state index in [1.165, 1.54) is 11.8 Å². The minimum Gasteiger partial charge on any atom is -0.370 e. The molecule has 0 saturated heterocycles. The number of aromatic nitrogens is 2. The summed E-state index contributed by atoms with van der Waals surface area (Å²) >= 11 is 1.45. The Kier molecular flexibility index (Phi) is 2.26. The first kappa shape index (κ1) is 8.62. The largest absolute Gasteiger partial charge is 0.370 e. The van der Waals surface area contributed by atoms with Gasteiger partial charge in [0.1, 0.15) is 5.82 Å². The summed E-state index contributed by atoms with van der Waals surface area (Å²) in [7, 11) is 0. The maximum Gasteiger partial charge on any atom is 0.256 e. The van der Waals surface area contributed by atoms with Gasteiger partial charge in [0.25, 0.3) is 5.56 Å². The minimum atomic E-state index is 0.00144. The fourth-order valence-corrected chi connectivity index (χ4v) is 1.80. The van der Waals surface area contributed by atoms with Crippen molar-refractivity contribution in [2.24, 2.45) is 0 Å². The van der Waals surface area contributed by atoms with Crippen molar-refractivity contribution in [3.63, 3.8) is 0 Å². The molecular weight excluding hydrogens is 186 g/mol. The second-order valence-corrected chi connectivity index (χ2v) is 3.73. The molecule has 2 heterocycles. The summed E-state index contributed by atoms with van der Waals surface area (Å²) in [6, 6.07) is 0. The Bertz CT molecular complexity index is 374. The van der Waals surface area contributed by atoms with Gasteiger partial charge in [0.15, 0.2) is 5.16 Å². The topological polar surface area (TPSA) is 57.8 Å². The van der Waals surface area contributed by atoms with E-state index in [2.05, 4.69) is 15.3 Å². The van der Waals surface area contributed by atoms with Gasteiger partial charge in [-0.3, -0.25) is 4.79 Å². The van der Waals surface area contributed by atoms with Crippen LogP contribution in [0.2, 0.25) is 0 Å². The zero-order valence-corrected chi connectivity index (χ0v) is 8.20. The lowest BCUT2D eigenvalue weighted by Gasteiger charge is -2.15. The molecule has 5 heteroatoms. The zero-order chi connectivity index (χ0) is 9.26. The van der Waals surface area contributed by atoms with Crippen LogP contribution >= 0.6 is 11.8 Å². The number of thioether (sulfide) groups is 1. The summed E-state index contributed by atoms with van der Waals surface area (Å²) in [6.07, 6.45) is 3.74. The maximum atomic E-state index is 11.5. The number of rotatable bonds is 1. The predicted octanol–water partition coefficient (Wildman–Crippen LogP) is 0.850. The van der Waals surface area contributed by atoms with Crippen LogP contribution in [-0.4, -0.2) is 22.8 Å². The number of fused-ring (bicyclic) bond motifs is 1. The van der Waals surface area contributed by atoms with E-state index in [1.54, 1.807) is 0 Å². The van der Waals surface area contributed by atoms with Crippen LogP contribution in [-0.2, 0) is 6.42 Å². The van der Waals surface area contributed by atoms with Gasteiger partial charge in [0.05, 0.1) is 5.56 Å². The third kappa shape index (κ3) is 1.56. The molecule has 4 nitrogen and oxygen atoms in total. The quantitative estimate of drug-likeness (QED) is 0.517. The molecule has 1 aliphatic heterocycles. The molecule has 0 saturated carbocycles. The van der Waals surface area contributed by atoms with E-state index in [1.807, 2.05) is 6.26 Å². The molecule has 0 radical (unpaired) electrons. The van der Waals surface area contributed by atoms with E-state index in [9.17, 15) is 4.79 Å². The molecule has 0 bridgehead atoms. The second-order valence-electron chi connectivity index (χ2n) is 2.93. The highest BCUT2D eigenvalue weighted by molar-refractivity contribution is 7.98. The van der Waals surface area contributed by atoms with Crippen LogP contribution in [0.15, 0.2) is 9.95 Å². The molecule has 0 aliphatic carbocycles. The van der Waals surface area contributed by atoms with Crippen LogP contribution in [0.25, 0.3) is 0 Å². The van der Waals surface area contributed by atoms with E-state index >= 15 is 0 Å². The Morgan fingerprint density at radius 2 is 2.38 bits per heavy atom. The van der Waals surface area contributed by atoms with Crippen LogP contribution in [0.5, 0.6) is 0 Å². The average Bonchev–Trinajstić information content (AvgIpc) is 2.18. The molecule has 0 amide bonds. The van der Waals surface area contributed by atoms with Crippen molar-refractivity contribution in [2.45, 2.75) is 18.0 Å². The number of nitrogens with one attached hydrogen (secondary N) is 2. The summed E-state index contributed by atoms with van der Waals surface area (Å²) in [5, 5.41) is 3.81. The van der Waals surface area contributed by atoms with Gasteiger partial charge < -0.3 is 10.3 Å². The lowest BCUT2D eigenvalue weighted by Crippen LogP contribution is -2.23. The monoisotopic (exact) mass is 197 g/mol. The van der Waals surface area contributed by atoms with Crippen molar-refractivity contribution < 1.29 is 0 Å². The molecule has 2 rings (SSSR count). The van der Waals surface area contributed by atoms with Gasteiger partial charge in [0.2, 0.25) is 0 Å². The first-order valence-corrected chi connectivity index (χ1v) is 5.45. The van der Waals surface area contributed by atoms with Crippen molar-refractivity contribution in [2.75, 3.05) is 18.1 Å². The highest BCUT2D eigenvalue weighted by Gasteiger charge is 2.14. The van der Waals surface area contributed by atoms with Crippen LogP contribution in [0.3, 0.4) is 0 Å². The fraction of sp³-hybridized carbons (Fsp3) is 0.500. The molecule has 13 heavy (non-hydrogen) atoms. The van der Waals surface area contributed by atoms with Crippen LogP contribution in [0.1, 0.15) is 12.0 Å². The molecular formula is C8H11N3OS. The third-order valence-corrected chi connectivity index (χ3v) is 2.66. The Balaban J connectivity index is 2.53. The van der Waals surface area contributed by atoms with Crippen molar-refractivity contribution in [3.05, 3.63) is 15.9 Å². The number of aromatic amines is 1. The summed E-state index contributed by atoms with van der Waals surface area (Å²) in [5.41, 5.74) is 0.797. The van der Waals surface area contributed by atoms with Gasteiger partial charge in [-0.15, -0.1) is 0 Å². The van der Waals surface area contributed by atoms with Gasteiger partial charge in [-0.05, 0) is 19.1 Å². The molecule has 2 N–H and O–H groups in total. The molecule has 0 aromatic carbocycles. The first-order chi connectivity index (χ1) is 6.31. The van der Waals surface area contributed by atoms with Gasteiger partial charge in [-0.25, -0.2) is 4.98 Å². The number of H-pyrrole nitrogens is 1. The standard InChI is InChI=1S/C8H11N3OS/c1-13-8-10-6-5(7(12)11-8)3-2-4-9-6/h2-4H2,1H3,(H2,9,10,11,12). The van der Waals surface area contributed by atoms with E-state index in [4.69, 9.17) is 0 Å². The average molecular weight is 197 g/mol. The molecule has 1 aromatic heterocycles. The van der Waals surface area contributed by atoms with Crippen LogP contribution < -0.4 is 10.9 Å². The molecule has 0 atom stereocenters. The molecule has 0 fully saturated rings. The first-order valence-electron chi connectivity index (χ1n) is 4.22. The lowest BCUT2D eigenvalue weighted by atomic mass is 10.1. The number of hydrogen-bond donors (Lipinski definition) is 2. The molecule has 0 unspecified atom stereocenters. The highest BCUT2D eigenvalue weighted by Crippen LogP contribution is 2.17. The van der Waals surface area contributed by atoms with E-state index in [0.717, 1.165) is 30.8 Å². The Labute approximate surface area is 80.2 Å². The number of hydrogen-bond acceptors (Lipinski definition) is 4. The summed E-state index contributed by atoms with van der Waals surface area (Å²) in [6.45, 7) is 0.914. The Morgan fingerprint density at radius 3 is 3.15 bits per heavy atom. The number of anilines is 1. The van der Waals surface area contributed by atoms with E-state index in [0.29, 0.717) is 5.16 Å². The maximum absolute atomic E-state index is 11.5. The van der Waals surface area contributed by atoms with E-state index in [-0.39, 0.29) is 5.56 Å². The minimum absolute atomic E-state index is 0.00144. The van der Waals surface area contributed by atoms with Gasteiger partial charge >= 0.3 is 0 Å². The zero-order valence-electron chi connectivity index (χ0n) is 7.39. The summed E-state index contributed by atoms with van der Waals surface area (Å²) in [5.74, 6) is 0.763. The van der Waals surface area contributed by atoms with Crippen molar-refractivity contribution >= 4 is 17.6 Å². The smallest absolute Gasteiger partial charge is 0.256 e. The number of nitrogens with zero attached hydrogens (tertiary/aromatic N) is 1. The third-order valence-electron chi connectivity index (χ3n) is 2.08. The summed E-state index contributed by atoms with van der Waals surface area (Å²) < 4.78 is 0. The molecule has 1 aromatic rings. The van der Waals surface area contributed by atoms with Crippen molar-refractivity contribution in [3.8, 4) is 0 Å². The normalized spacial score (nSPS) is 14.8.